The number of nitrogens with zero attached hydrogens (tertiary/aromatic N) is 1. The van der Waals surface area contributed by atoms with E-state index in [0.717, 1.165) is 10.0 Å². The minimum absolute atomic E-state index is 0.106. The lowest BCUT2D eigenvalue weighted by Crippen LogP contribution is -2.41. The van der Waals surface area contributed by atoms with E-state index in [0.29, 0.717) is 29.2 Å². The number of carbonyl (C=O) groups excluding carboxylic acids is 3. The molecule has 0 bridgehead atoms. The molecule has 2 aromatic rings. The molecule has 33 heavy (non-hydrogen) atoms. The molecule has 0 saturated heterocycles. The highest BCUT2D eigenvalue weighted by atomic mass is 79.9. The lowest BCUT2D eigenvalue weighted by atomic mass is 10.2. The predicted molar refractivity (Wildman–Crippen MR) is 130 cm³/mol. The number of carbonyl (C=O) groups is 3. The molecule has 0 unspecified atom stereocenters. The van der Waals surface area contributed by atoms with E-state index in [2.05, 4.69) is 37.1 Å². The second-order valence-electron chi connectivity index (χ2n) is 7.19. The van der Waals surface area contributed by atoms with Crippen LogP contribution in [0.4, 0.5) is 5.69 Å². The number of nitrogens with one attached hydrogen (secondary N) is 3. The molecule has 3 N–H and O–H groups in total. The Balaban J connectivity index is 1.92. The van der Waals surface area contributed by atoms with Crippen LogP contribution in [0, 0.1) is 6.92 Å². The Labute approximate surface area is 201 Å². The fourth-order valence-corrected chi connectivity index (χ4v) is 2.80. The topological polar surface area (TPSA) is 118 Å². The number of rotatable bonds is 9. The van der Waals surface area contributed by atoms with Gasteiger partial charge in [0.1, 0.15) is 0 Å². The van der Waals surface area contributed by atoms with Crippen LogP contribution in [-0.2, 0) is 14.4 Å². The van der Waals surface area contributed by atoms with Gasteiger partial charge in [-0.25, -0.2) is 5.43 Å². The summed E-state index contributed by atoms with van der Waals surface area (Å²) in [5.74, 6) is -1.17. The second-order valence-corrected chi connectivity index (χ2v) is 8.05. The predicted octanol–water partition coefficient (Wildman–Crippen LogP) is 3.15. The van der Waals surface area contributed by atoms with E-state index >= 15 is 0 Å². The number of methoxy groups -OCH3 is 1. The highest BCUT2D eigenvalue weighted by molar-refractivity contribution is 9.10. The monoisotopic (exact) mass is 518 g/mol. The van der Waals surface area contributed by atoms with E-state index in [1.165, 1.54) is 13.3 Å². The summed E-state index contributed by atoms with van der Waals surface area (Å²) in [6.07, 6.45) is 2.07. The summed E-state index contributed by atoms with van der Waals surface area (Å²) in [6.45, 7) is 5.42. The maximum atomic E-state index is 12.2. The standard InChI is InChI=1S/C23H27BrN4O5/c1-5-15(3)26-22(30)23(31)28-25-12-16-6-9-19(20(11-16)32-4)33-13-21(29)27-17-7-8-18(24)14(2)10-17/h6-12,15H,5,13H2,1-4H3,(H,26,30)(H,27,29)(H,28,31)/b25-12-/t15-/m1/s1. The van der Waals surface area contributed by atoms with Gasteiger partial charge in [-0.05, 0) is 67.8 Å². The van der Waals surface area contributed by atoms with Gasteiger partial charge in [0, 0.05) is 16.2 Å². The molecule has 0 aromatic heterocycles. The third-order valence-electron chi connectivity index (χ3n) is 4.56. The molecule has 0 aliphatic heterocycles. The summed E-state index contributed by atoms with van der Waals surface area (Å²) in [5, 5.41) is 9.11. The number of aryl methyl sites for hydroxylation is 1. The molecule has 0 spiro atoms. The number of anilines is 1. The van der Waals surface area contributed by atoms with Crippen LogP contribution in [0.25, 0.3) is 0 Å². The third kappa shape index (κ3) is 8.23. The van der Waals surface area contributed by atoms with Crippen LogP contribution in [0.2, 0.25) is 0 Å². The SMILES string of the molecule is CC[C@@H](C)NC(=O)C(=O)N/N=C\c1ccc(OCC(=O)Nc2ccc(Br)c(C)c2)c(OC)c1. The van der Waals surface area contributed by atoms with Crippen LogP contribution in [0.3, 0.4) is 0 Å². The summed E-state index contributed by atoms with van der Waals surface area (Å²) in [7, 11) is 1.47. The Morgan fingerprint density at radius 1 is 1.12 bits per heavy atom. The van der Waals surface area contributed by atoms with Crippen LogP contribution in [-0.4, -0.2) is 43.7 Å². The van der Waals surface area contributed by atoms with Crippen molar-refractivity contribution in [3.05, 3.63) is 52.0 Å². The molecule has 3 amide bonds. The molecule has 9 nitrogen and oxygen atoms in total. The number of ether oxygens (including phenoxy) is 2. The quantitative estimate of drug-likeness (QED) is 0.267. The van der Waals surface area contributed by atoms with Gasteiger partial charge in [0.2, 0.25) is 0 Å². The van der Waals surface area contributed by atoms with Gasteiger partial charge in [0.05, 0.1) is 13.3 Å². The third-order valence-corrected chi connectivity index (χ3v) is 5.45. The molecule has 0 radical (unpaired) electrons. The number of halogens is 1. The van der Waals surface area contributed by atoms with Gasteiger partial charge in [-0.2, -0.15) is 5.10 Å². The molecule has 2 rings (SSSR count). The molecule has 0 fully saturated rings. The van der Waals surface area contributed by atoms with Crippen LogP contribution in [0.1, 0.15) is 31.4 Å². The van der Waals surface area contributed by atoms with E-state index in [1.54, 1.807) is 31.2 Å². The average molecular weight is 519 g/mol. The van der Waals surface area contributed by atoms with Gasteiger partial charge in [0.15, 0.2) is 18.1 Å². The molecule has 0 heterocycles. The number of hydrogen-bond donors (Lipinski definition) is 3. The summed E-state index contributed by atoms with van der Waals surface area (Å²) >= 11 is 3.42. The van der Waals surface area contributed by atoms with Crippen LogP contribution < -0.4 is 25.5 Å². The Bertz CT molecular complexity index is 1040. The van der Waals surface area contributed by atoms with Gasteiger partial charge in [-0.3, -0.25) is 14.4 Å². The maximum Gasteiger partial charge on any atom is 0.329 e. The van der Waals surface area contributed by atoms with Gasteiger partial charge in [0.25, 0.3) is 5.91 Å². The first-order valence-corrected chi connectivity index (χ1v) is 11.0. The summed E-state index contributed by atoms with van der Waals surface area (Å²) in [4.78, 5) is 35.7. The normalized spacial score (nSPS) is 11.5. The van der Waals surface area contributed by atoms with Crippen LogP contribution in [0.5, 0.6) is 11.5 Å². The lowest BCUT2D eigenvalue weighted by Gasteiger charge is -2.12. The minimum Gasteiger partial charge on any atom is -0.493 e. The molecule has 0 saturated carbocycles. The fourth-order valence-electron chi connectivity index (χ4n) is 2.55. The smallest absolute Gasteiger partial charge is 0.329 e. The first kappa shape index (κ1) is 25.9. The highest BCUT2D eigenvalue weighted by Crippen LogP contribution is 2.27. The molecular formula is C23H27BrN4O5. The second kappa shape index (κ2) is 12.6. The van der Waals surface area contributed by atoms with Gasteiger partial charge in [-0.15, -0.1) is 0 Å². The fraction of sp³-hybridized carbons (Fsp3) is 0.304. The summed E-state index contributed by atoms with van der Waals surface area (Å²) < 4.78 is 11.8. The van der Waals surface area contributed by atoms with Crippen molar-refractivity contribution >= 4 is 45.6 Å². The Hall–Kier alpha value is -3.40. The van der Waals surface area contributed by atoms with Crippen molar-refractivity contribution in [2.24, 2.45) is 5.10 Å². The van der Waals surface area contributed by atoms with Crippen molar-refractivity contribution in [3.8, 4) is 11.5 Å². The number of hydrazone groups is 1. The molecule has 1 atom stereocenters. The lowest BCUT2D eigenvalue weighted by molar-refractivity contribution is -0.139. The van der Waals surface area contributed by atoms with Crippen molar-refractivity contribution in [1.82, 2.24) is 10.7 Å². The highest BCUT2D eigenvalue weighted by Gasteiger charge is 2.14. The van der Waals surface area contributed by atoms with E-state index in [9.17, 15) is 14.4 Å². The molecule has 0 aliphatic carbocycles. The van der Waals surface area contributed by atoms with E-state index in [1.807, 2.05) is 26.0 Å². The van der Waals surface area contributed by atoms with Crippen molar-refractivity contribution in [2.45, 2.75) is 33.2 Å². The maximum absolute atomic E-state index is 12.2. The zero-order valence-corrected chi connectivity index (χ0v) is 20.5. The van der Waals surface area contributed by atoms with Crippen LogP contribution in [0.15, 0.2) is 46.0 Å². The van der Waals surface area contributed by atoms with E-state index in [4.69, 9.17) is 9.47 Å². The molecule has 176 valence electrons. The first-order valence-electron chi connectivity index (χ1n) is 10.2. The largest absolute Gasteiger partial charge is 0.493 e. The Morgan fingerprint density at radius 3 is 2.55 bits per heavy atom. The Kier molecular flexibility index (Phi) is 9.86. The summed E-state index contributed by atoms with van der Waals surface area (Å²) in [5.41, 5.74) is 4.44. The van der Waals surface area contributed by atoms with Gasteiger partial charge < -0.3 is 20.1 Å². The van der Waals surface area contributed by atoms with Crippen molar-refractivity contribution in [2.75, 3.05) is 19.0 Å². The Morgan fingerprint density at radius 2 is 1.88 bits per heavy atom. The van der Waals surface area contributed by atoms with Gasteiger partial charge >= 0.3 is 11.8 Å². The minimum atomic E-state index is -0.856. The van der Waals surface area contributed by atoms with Crippen molar-refractivity contribution in [3.63, 3.8) is 0 Å². The number of benzene rings is 2. The molecular weight excluding hydrogens is 492 g/mol. The molecule has 0 aliphatic rings. The number of amides is 3. The van der Waals surface area contributed by atoms with Gasteiger partial charge in [-0.1, -0.05) is 22.9 Å². The van der Waals surface area contributed by atoms with Crippen molar-refractivity contribution in [1.29, 1.82) is 0 Å². The summed E-state index contributed by atoms with van der Waals surface area (Å²) in [6, 6.07) is 10.3. The van der Waals surface area contributed by atoms with E-state index in [-0.39, 0.29) is 18.6 Å². The average Bonchev–Trinajstić information content (AvgIpc) is 2.80. The van der Waals surface area contributed by atoms with E-state index < -0.39 is 11.8 Å². The molecule has 2 aromatic carbocycles. The van der Waals surface area contributed by atoms with Crippen molar-refractivity contribution < 1.29 is 23.9 Å². The number of hydrogen-bond acceptors (Lipinski definition) is 6. The molecule has 10 heteroatoms. The first-order chi connectivity index (χ1) is 15.7. The zero-order valence-electron chi connectivity index (χ0n) is 18.9. The zero-order chi connectivity index (χ0) is 24.4. The van der Waals surface area contributed by atoms with Crippen LogP contribution >= 0.6 is 15.9 Å².